The van der Waals surface area contributed by atoms with Crippen molar-refractivity contribution < 1.29 is 18.7 Å². The van der Waals surface area contributed by atoms with Crippen molar-refractivity contribution in [2.45, 2.75) is 6.42 Å². The van der Waals surface area contributed by atoms with E-state index >= 15 is 0 Å². The summed E-state index contributed by atoms with van der Waals surface area (Å²) < 4.78 is 18.0. The summed E-state index contributed by atoms with van der Waals surface area (Å²) in [4.78, 5) is 28.5. The van der Waals surface area contributed by atoms with Crippen molar-refractivity contribution in [1.29, 1.82) is 0 Å². The number of methoxy groups -OCH3 is 1. The van der Waals surface area contributed by atoms with Crippen LogP contribution in [0, 0.1) is 5.82 Å². The third-order valence-corrected chi connectivity index (χ3v) is 4.76. The molecule has 2 amide bonds. The van der Waals surface area contributed by atoms with Gasteiger partial charge in [0.05, 0.1) is 24.2 Å². The van der Waals surface area contributed by atoms with Gasteiger partial charge in [0, 0.05) is 16.6 Å². The van der Waals surface area contributed by atoms with Gasteiger partial charge in [0.2, 0.25) is 5.91 Å². The van der Waals surface area contributed by atoms with Crippen LogP contribution in [0.2, 0.25) is 5.02 Å². The van der Waals surface area contributed by atoms with Crippen LogP contribution < -0.4 is 15.4 Å². The van der Waals surface area contributed by atoms with E-state index in [1.807, 2.05) is 0 Å². The molecule has 0 bridgehead atoms. The average molecular weight is 420 g/mol. The van der Waals surface area contributed by atoms with Gasteiger partial charge < -0.3 is 10.1 Å². The molecule has 0 spiro atoms. The summed E-state index contributed by atoms with van der Waals surface area (Å²) >= 11 is 7.23. The quantitative estimate of drug-likeness (QED) is 0.621. The number of benzene rings is 2. The minimum absolute atomic E-state index is 0.0343. The Bertz CT molecular complexity index is 1010. The summed E-state index contributed by atoms with van der Waals surface area (Å²) in [6.45, 7) is 0. The van der Waals surface area contributed by atoms with Crippen LogP contribution in [0.3, 0.4) is 0 Å². The number of halogens is 2. The number of aromatic nitrogens is 1. The molecule has 1 aromatic heterocycles. The smallest absolute Gasteiger partial charge is 0.257 e. The van der Waals surface area contributed by atoms with Gasteiger partial charge in [-0.2, -0.15) is 0 Å². The van der Waals surface area contributed by atoms with Crippen LogP contribution in [0.25, 0.3) is 0 Å². The number of anilines is 2. The number of hydrogen-bond acceptors (Lipinski definition) is 5. The predicted molar refractivity (Wildman–Crippen MR) is 107 cm³/mol. The molecule has 2 aromatic carbocycles. The Morgan fingerprint density at radius 1 is 1.18 bits per heavy atom. The van der Waals surface area contributed by atoms with Gasteiger partial charge in [-0.15, -0.1) is 11.3 Å². The number of hydrogen-bond donors (Lipinski definition) is 2. The molecule has 28 heavy (non-hydrogen) atoms. The van der Waals surface area contributed by atoms with Crippen LogP contribution in [-0.4, -0.2) is 23.9 Å². The standard InChI is InChI=1S/C19H15ClFN3O3S/c1-27-16-7-6-13(8-15(16)20)22-17(25)9-14-10-28-19(23-14)24-18(26)11-2-4-12(21)5-3-11/h2-8,10H,9H2,1H3,(H,22,25)(H,23,24,26). The molecule has 144 valence electrons. The van der Waals surface area contributed by atoms with Crippen molar-refractivity contribution in [3.05, 3.63) is 69.9 Å². The molecule has 2 N–H and O–H groups in total. The molecule has 0 aliphatic rings. The van der Waals surface area contributed by atoms with Gasteiger partial charge in [0.15, 0.2) is 5.13 Å². The van der Waals surface area contributed by atoms with Gasteiger partial charge >= 0.3 is 0 Å². The SMILES string of the molecule is COc1ccc(NC(=O)Cc2csc(NC(=O)c3ccc(F)cc3)n2)cc1Cl. The number of thiazole rings is 1. The highest BCUT2D eigenvalue weighted by Crippen LogP contribution is 2.27. The lowest BCUT2D eigenvalue weighted by Crippen LogP contribution is -2.15. The first kappa shape index (κ1) is 19.8. The zero-order valence-electron chi connectivity index (χ0n) is 14.7. The Kier molecular flexibility index (Phi) is 6.23. The van der Waals surface area contributed by atoms with Crippen molar-refractivity contribution >= 4 is 45.6 Å². The number of carbonyl (C=O) groups excluding carboxylic acids is 2. The number of nitrogens with one attached hydrogen (secondary N) is 2. The number of carbonyl (C=O) groups is 2. The summed E-state index contributed by atoms with van der Waals surface area (Å²) in [5.41, 5.74) is 1.36. The number of nitrogens with zero attached hydrogens (tertiary/aromatic N) is 1. The zero-order valence-corrected chi connectivity index (χ0v) is 16.2. The molecule has 0 atom stereocenters. The topological polar surface area (TPSA) is 80.3 Å². The van der Waals surface area contributed by atoms with Crippen molar-refractivity contribution in [3.8, 4) is 5.75 Å². The maximum absolute atomic E-state index is 12.9. The lowest BCUT2D eigenvalue weighted by molar-refractivity contribution is -0.115. The van der Waals surface area contributed by atoms with E-state index in [4.69, 9.17) is 16.3 Å². The minimum Gasteiger partial charge on any atom is -0.495 e. The molecule has 0 saturated carbocycles. The van der Waals surface area contributed by atoms with E-state index < -0.39 is 11.7 Å². The van der Waals surface area contributed by atoms with Gasteiger partial charge in [-0.3, -0.25) is 14.9 Å². The van der Waals surface area contributed by atoms with E-state index in [0.29, 0.717) is 32.8 Å². The first-order chi connectivity index (χ1) is 13.4. The molecular weight excluding hydrogens is 405 g/mol. The van der Waals surface area contributed by atoms with Gasteiger partial charge in [0.25, 0.3) is 5.91 Å². The fourth-order valence-corrected chi connectivity index (χ4v) is 3.29. The highest BCUT2D eigenvalue weighted by Gasteiger charge is 2.12. The van der Waals surface area contributed by atoms with Crippen molar-refractivity contribution in [3.63, 3.8) is 0 Å². The van der Waals surface area contributed by atoms with Crippen molar-refractivity contribution in [2.75, 3.05) is 17.7 Å². The minimum atomic E-state index is -0.419. The van der Waals surface area contributed by atoms with Gasteiger partial charge in [-0.25, -0.2) is 9.37 Å². The molecule has 0 aliphatic heterocycles. The van der Waals surface area contributed by atoms with E-state index in [1.165, 1.54) is 42.7 Å². The largest absolute Gasteiger partial charge is 0.495 e. The highest BCUT2D eigenvalue weighted by molar-refractivity contribution is 7.14. The lowest BCUT2D eigenvalue weighted by atomic mass is 10.2. The zero-order chi connectivity index (χ0) is 20.1. The van der Waals surface area contributed by atoms with Crippen LogP contribution in [0.1, 0.15) is 16.1 Å². The van der Waals surface area contributed by atoms with E-state index in [1.54, 1.807) is 23.6 Å². The Morgan fingerprint density at radius 3 is 2.61 bits per heavy atom. The third-order valence-electron chi connectivity index (χ3n) is 3.66. The van der Waals surface area contributed by atoms with Crippen molar-refractivity contribution in [2.24, 2.45) is 0 Å². The normalized spacial score (nSPS) is 10.4. The lowest BCUT2D eigenvalue weighted by Gasteiger charge is -2.07. The fourth-order valence-electron chi connectivity index (χ4n) is 2.33. The van der Waals surface area contributed by atoms with Crippen LogP contribution in [-0.2, 0) is 11.2 Å². The van der Waals surface area contributed by atoms with Gasteiger partial charge in [-0.05, 0) is 42.5 Å². The van der Waals surface area contributed by atoms with Crippen LogP contribution in [0.15, 0.2) is 47.8 Å². The Morgan fingerprint density at radius 2 is 1.93 bits per heavy atom. The van der Waals surface area contributed by atoms with E-state index in [0.717, 1.165) is 0 Å². The second-order valence-corrected chi connectivity index (χ2v) is 6.94. The van der Waals surface area contributed by atoms with Gasteiger partial charge in [0.1, 0.15) is 11.6 Å². The molecule has 0 unspecified atom stereocenters. The predicted octanol–water partition coefficient (Wildman–Crippen LogP) is 4.38. The molecule has 3 aromatic rings. The highest BCUT2D eigenvalue weighted by atomic mass is 35.5. The second-order valence-electron chi connectivity index (χ2n) is 5.68. The van der Waals surface area contributed by atoms with Crippen molar-refractivity contribution in [1.82, 2.24) is 4.98 Å². The summed E-state index contributed by atoms with van der Waals surface area (Å²) in [5.74, 6) is -0.584. The monoisotopic (exact) mass is 419 g/mol. The summed E-state index contributed by atoms with van der Waals surface area (Å²) in [5, 5.41) is 7.77. The molecule has 3 rings (SSSR count). The van der Waals surface area contributed by atoms with E-state index in [9.17, 15) is 14.0 Å². The summed E-state index contributed by atoms with van der Waals surface area (Å²) in [6, 6.07) is 10.1. The molecule has 1 heterocycles. The van der Waals surface area contributed by atoms with Crippen LogP contribution in [0.5, 0.6) is 5.75 Å². The number of amides is 2. The first-order valence-corrected chi connectivity index (χ1v) is 9.35. The Balaban J connectivity index is 1.58. The number of rotatable bonds is 6. The third kappa shape index (κ3) is 5.05. The summed E-state index contributed by atoms with van der Waals surface area (Å²) in [6.07, 6.45) is 0.0343. The maximum Gasteiger partial charge on any atom is 0.257 e. The molecule has 0 aliphatic carbocycles. The Labute approximate surface area is 169 Å². The fraction of sp³-hybridized carbons (Fsp3) is 0.105. The summed E-state index contributed by atoms with van der Waals surface area (Å²) in [7, 11) is 1.51. The maximum atomic E-state index is 12.9. The average Bonchev–Trinajstić information content (AvgIpc) is 3.09. The molecule has 0 radical (unpaired) electrons. The first-order valence-electron chi connectivity index (χ1n) is 8.09. The molecule has 0 fully saturated rings. The number of ether oxygens (including phenoxy) is 1. The Hall–Kier alpha value is -2.97. The van der Waals surface area contributed by atoms with Gasteiger partial charge in [-0.1, -0.05) is 11.6 Å². The van der Waals surface area contributed by atoms with Crippen LogP contribution >= 0.6 is 22.9 Å². The molecule has 9 heteroatoms. The van der Waals surface area contributed by atoms with Crippen LogP contribution in [0.4, 0.5) is 15.2 Å². The van der Waals surface area contributed by atoms with E-state index in [2.05, 4.69) is 15.6 Å². The second kappa shape index (κ2) is 8.81. The van der Waals surface area contributed by atoms with E-state index in [-0.39, 0.29) is 12.3 Å². The molecule has 6 nitrogen and oxygen atoms in total. The molecule has 0 saturated heterocycles. The molecular formula is C19H15ClFN3O3S.